The van der Waals surface area contributed by atoms with Gasteiger partial charge in [0.15, 0.2) is 0 Å². The first-order valence-electron chi connectivity index (χ1n) is 6.04. The minimum absolute atomic E-state index is 0.305. The van der Waals surface area contributed by atoms with E-state index in [1.54, 1.807) is 30.3 Å². The number of rotatable bonds is 2. The van der Waals surface area contributed by atoms with E-state index in [0.29, 0.717) is 31.7 Å². The number of halogens is 3. The Hall–Kier alpha value is -1.07. The van der Waals surface area contributed by atoms with Crippen LogP contribution in [-0.2, 0) is 5.54 Å². The van der Waals surface area contributed by atoms with E-state index in [4.69, 9.17) is 0 Å². The van der Waals surface area contributed by atoms with Gasteiger partial charge >= 0.3 is 6.18 Å². The summed E-state index contributed by atoms with van der Waals surface area (Å²) in [4.78, 5) is 1.51. The molecule has 0 bridgehead atoms. The zero-order valence-corrected chi connectivity index (χ0v) is 10.3. The maximum absolute atomic E-state index is 13.5. The van der Waals surface area contributed by atoms with Gasteiger partial charge in [0.25, 0.3) is 0 Å². The molecule has 5 heteroatoms. The third-order valence-electron chi connectivity index (χ3n) is 3.64. The smallest absolute Gasteiger partial charge is 0.314 e. The van der Waals surface area contributed by atoms with E-state index in [0.717, 1.165) is 0 Å². The molecule has 1 N–H and O–H groups in total. The van der Waals surface area contributed by atoms with Crippen LogP contribution in [0.3, 0.4) is 0 Å². The van der Waals surface area contributed by atoms with Crippen LogP contribution in [-0.4, -0.2) is 37.3 Å². The lowest BCUT2D eigenvalue weighted by molar-refractivity contribution is -0.233. The topological polar surface area (TPSA) is 15.3 Å². The standard InChI is InChI=1S/C13H17F3N2/c1-12(13(14,15)16,11-5-3-2-4-6-11)18-9-7-17-8-10-18/h2-6,17H,7-10H2,1H3. The molecule has 0 aliphatic carbocycles. The van der Waals surface area contributed by atoms with Gasteiger partial charge in [-0.05, 0) is 12.5 Å². The highest BCUT2D eigenvalue weighted by Crippen LogP contribution is 2.43. The summed E-state index contributed by atoms with van der Waals surface area (Å²) >= 11 is 0. The summed E-state index contributed by atoms with van der Waals surface area (Å²) in [6, 6.07) is 8.14. The van der Waals surface area contributed by atoms with E-state index in [9.17, 15) is 13.2 Å². The van der Waals surface area contributed by atoms with Gasteiger partial charge < -0.3 is 5.32 Å². The van der Waals surface area contributed by atoms with E-state index < -0.39 is 11.7 Å². The van der Waals surface area contributed by atoms with Crippen molar-refractivity contribution in [2.45, 2.75) is 18.6 Å². The second-order valence-corrected chi connectivity index (χ2v) is 4.67. The number of hydrogen-bond acceptors (Lipinski definition) is 2. The molecule has 1 unspecified atom stereocenters. The monoisotopic (exact) mass is 258 g/mol. The Bertz CT molecular complexity index is 385. The molecule has 0 spiro atoms. The lowest BCUT2D eigenvalue weighted by atomic mass is 9.88. The van der Waals surface area contributed by atoms with Crippen molar-refractivity contribution in [1.29, 1.82) is 0 Å². The first-order valence-corrected chi connectivity index (χ1v) is 6.04. The quantitative estimate of drug-likeness (QED) is 0.876. The molecular formula is C13H17F3N2. The predicted molar refractivity (Wildman–Crippen MR) is 64.3 cm³/mol. The number of nitrogens with one attached hydrogen (secondary N) is 1. The minimum Gasteiger partial charge on any atom is -0.314 e. The van der Waals surface area contributed by atoms with Crippen LogP contribution in [0.4, 0.5) is 13.2 Å². The van der Waals surface area contributed by atoms with E-state index >= 15 is 0 Å². The Kier molecular flexibility index (Phi) is 3.64. The number of nitrogens with zero attached hydrogens (tertiary/aromatic N) is 1. The fraction of sp³-hybridized carbons (Fsp3) is 0.538. The second kappa shape index (κ2) is 4.90. The zero-order valence-electron chi connectivity index (χ0n) is 10.3. The lowest BCUT2D eigenvalue weighted by Crippen LogP contribution is -2.59. The van der Waals surface area contributed by atoms with E-state index in [2.05, 4.69) is 5.32 Å². The zero-order chi connectivity index (χ0) is 13.2. The van der Waals surface area contributed by atoms with Gasteiger partial charge in [0, 0.05) is 26.2 Å². The van der Waals surface area contributed by atoms with Crippen LogP contribution < -0.4 is 5.32 Å². The minimum atomic E-state index is -4.29. The third-order valence-corrected chi connectivity index (χ3v) is 3.64. The van der Waals surface area contributed by atoms with Gasteiger partial charge in [-0.3, -0.25) is 4.90 Å². The molecule has 1 heterocycles. The van der Waals surface area contributed by atoms with Gasteiger partial charge in [0.1, 0.15) is 5.54 Å². The van der Waals surface area contributed by atoms with Gasteiger partial charge in [0.05, 0.1) is 0 Å². The summed E-state index contributed by atoms with van der Waals surface area (Å²) in [5.41, 5.74) is -1.60. The number of hydrogen-bond donors (Lipinski definition) is 1. The molecule has 1 aromatic carbocycles. The Balaban J connectivity index is 2.40. The summed E-state index contributed by atoms with van der Waals surface area (Å²) in [6.45, 7) is 3.28. The first-order chi connectivity index (χ1) is 8.46. The van der Waals surface area contributed by atoms with Crippen molar-refractivity contribution in [2.75, 3.05) is 26.2 Å². The Labute approximate surface area is 105 Å². The van der Waals surface area contributed by atoms with Crippen molar-refractivity contribution in [1.82, 2.24) is 10.2 Å². The summed E-state index contributed by atoms with van der Waals surface area (Å²) < 4.78 is 40.5. The number of benzene rings is 1. The molecule has 2 rings (SSSR count). The fourth-order valence-electron chi connectivity index (χ4n) is 2.40. The third kappa shape index (κ3) is 2.24. The molecule has 1 fully saturated rings. The average molecular weight is 258 g/mol. The molecule has 0 amide bonds. The molecular weight excluding hydrogens is 241 g/mol. The first kappa shape index (κ1) is 13.4. The average Bonchev–Trinajstić information content (AvgIpc) is 2.38. The Morgan fingerprint density at radius 1 is 1.06 bits per heavy atom. The highest BCUT2D eigenvalue weighted by Gasteiger charge is 2.55. The maximum atomic E-state index is 13.5. The number of alkyl halides is 3. The fourth-order valence-corrected chi connectivity index (χ4v) is 2.40. The SMILES string of the molecule is CC(c1ccccc1)(N1CCNCC1)C(F)(F)F. The van der Waals surface area contributed by atoms with Gasteiger partial charge in [0.2, 0.25) is 0 Å². The van der Waals surface area contributed by atoms with Crippen LogP contribution in [0.2, 0.25) is 0 Å². The summed E-state index contributed by atoms with van der Waals surface area (Å²) in [5.74, 6) is 0. The molecule has 1 aliphatic rings. The van der Waals surface area contributed by atoms with Gasteiger partial charge in [-0.2, -0.15) is 13.2 Å². The van der Waals surface area contributed by atoms with Crippen molar-refractivity contribution in [3.63, 3.8) is 0 Å². The van der Waals surface area contributed by atoms with Crippen LogP contribution in [0.1, 0.15) is 12.5 Å². The number of piperazine rings is 1. The Morgan fingerprint density at radius 2 is 1.61 bits per heavy atom. The predicted octanol–water partition coefficient (Wildman–Crippen LogP) is 2.37. The summed E-state index contributed by atoms with van der Waals surface area (Å²) in [6.07, 6.45) is -4.29. The van der Waals surface area contributed by atoms with E-state index in [-0.39, 0.29) is 0 Å². The molecule has 1 saturated heterocycles. The molecule has 1 aliphatic heterocycles. The molecule has 100 valence electrons. The van der Waals surface area contributed by atoms with Gasteiger partial charge in [-0.15, -0.1) is 0 Å². The molecule has 2 nitrogen and oxygen atoms in total. The van der Waals surface area contributed by atoms with Crippen molar-refractivity contribution >= 4 is 0 Å². The van der Waals surface area contributed by atoms with Gasteiger partial charge in [-0.1, -0.05) is 30.3 Å². The molecule has 1 aromatic rings. The van der Waals surface area contributed by atoms with E-state index in [1.165, 1.54) is 11.8 Å². The van der Waals surface area contributed by atoms with Crippen molar-refractivity contribution < 1.29 is 13.2 Å². The van der Waals surface area contributed by atoms with Crippen LogP contribution in [0.15, 0.2) is 30.3 Å². The molecule has 0 saturated carbocycles. The Morgan fingerprint density at radius 3 is 2.11 bits per heavy atom. The second-order valence-electron chi connectivity index (χ2n) is 4.67. The normalized spacial score (nSPS) is 21.6. The molecule has 1 atom stereocenters. The summed E-state index contributed by atoms with van der Waals surface area (Å²) in [7, 11) is 0. The van der Waals surface area contributed by atoms with Crippen molar-refractivity contribution in [2.24, 2.45) is 0 Å². The summed E-state index contributed by atoms with van der Waals surface area (Å²) in [5, 5.41) is 3.08. The highest BCUT2D eigenvalue weighted by atomic mass is 19.4. The molecule has 18 heavy (non-hydrogen) atoms. The molecule has 0 radical (unpaired) electrons. The van der Waals surface area contributed by atoms with Crippen LogP contribution in [0.25, 0.3) is 0 Å². The molecule has 0 aromatic heterocycles. The maximum Gasteiger partial charge on any atom is 0.410 e. The highest BCUT2D eigenvalue weighted by molar-refractivity contribution is 5.26. The van der Waals surface area contributed by atoms with Gasteiger partial charge in [-0.25, -0.2) is 0 Å². The van der Waals surface area contributed by atoms with Crippen molar-refractivity contribution in [3.8, 4) is 0 Å². The van der Waals surface area contributed by atoms with Crippen LogP contribution in [0.5, 0.6) is 0 Å². The lowest BCUT2D eigenvalue weighted by Gasteiger charge is -2.44. The van der Waals surface area contributed by atoms with Crippen LogP contribution >= 0.6 is 0 Å². The van der Waals surface area contributed by atoms with Crippen molar-refractivity contribution in [3.05, 3.63) is 35.9 Å². The van der Waals surface area contributed by atoms with E-state index in [1.807, 2.05) is 0 Å². The largest absolute Gasteiger partial charge is 0.410 e. The van der Waals surface area contributed by atoms with Crippen LogP contribution in [0, 0.1) is 0 Å².